The van der Waals surface area contributed by atoms with Gasteiger partial charge in [-0.15, -0.1) is 9.46 Å². The number of aromatic nitrogens is 6. The number of hydrogen-bond donors (Lipinski definition) is 2. The molecule has 4 aromatic carbocycles. The van der Waals surface area contributed by atoms with E-state index in [0.29, 0.717) is 35.5 Å². The van der Waals surface area contributed by atoms with Gasteiger partial charge in [0.2, 0.25) is 0 Å². The predicted molar refractivity (Wildman–Crippen MR) is 225 cm³/mol. The van der Waals surface area contributed by atoms with Crippen molar-refractivity contribution >= 4 is 39.4 Å². The summed E-state index contributed by atoms with van der Waals surface area (Å²) in [7, 11) is 0. The second kappa shape index (κ2) is 19.3. The molecule has 8 rings (SSSR count). The quantitative estimate of drug-likeness (QED) is 0.119. The number of carbonyl (C=O) groups excluding carboxylic acids is 1. The zero-order chi connectivity index (χ0) is 40.8. The van der Waals surface area contributed by atoms with Crippen LogP contribution in [0.3, 0.4) is 0 Å². The summed E-state index contributed by atoms with van der Waals surface area (Å²) >= 11 is 0. The van der Waals surface area contributed by atoms with Crippen molar-refractivity contribution in [3.05, 3.63) is 201 Å². The summed E-state index contributed by atoms with van der Waals surface area (Å²) in [6.45, 7) is 3.20. The number of ether oxygens (including phenoxy) is 1. The normalized spacial score (nSPS) is 10.7. The van der Waals surface area contributed by atoms with E-state index in [1.54, 1.807) is 19.3 Å². The highest BCUT2D eigenvalue weighted by Gasteiger charge is 2.25. The summed E-state index contributed by atoms with van der Waals surface area (Å²) in [6.07, 6.45) is 5.96. The number of nitrogens with zero attached hydrogens (tertiary/aromatic N) is 6. The number of anilines is 2. The van der Waals surface area contributed by atoms with Crippen LogP contribution >= 0.6 is 0 Å². The number of carbonyl (C=O) groups is 1. The van der Waals surface area contributed by atoms with Crippen molar-refractivity contribution in [3.8, 4) is 0 Å². The minimum absolute atomic E-state index is 0.124. The van der Waals surface area contributed by atoms with Crippen LogP contribution in [0.25, 0.3) is 22.1 Å². The van der Waals surface area contributed by atoms with Crippen molar-refractivity contribution in [2.24, 2.45) is 0 Å². The van der Waals surface area contributed by atoms with Crippen LogP contribution in [-0.2, 0) is 31.0 Å². The van der Waals surface area contributed by atoms with Gasteiger partial charge in [0.1, 0.15) is 25.9 Å². The molecule has 0 bridgehead atoms. The standard InChI is InChI=1S/C24H22N4O4.C21H18N4O2/c1-2-31-24(30)20-21(26-13-17-9-5-3-6-10-17)19-14-25-16-27-22(19)28(23(20)29)32-15-18-11-7-4-8-12-18;26-20-11-19(23-12-16-7-3-1-4-8-16)18-13-22-15-24-21(18)25(20)27-14-17-9-5-2-6-10-17/h3-12,14,16,26H,2,13,15H2,1H3;1-11,13,15,23H,12,14H2. The van der Waals surface area contributed by atoms with Crippen molar-refractivity contribution in [1.29, 1.82) is 0 Å². The number of pyridine rings is 2. The van der Waals surface area contributed by atoms with Crippen molar-refractivity contribution in [1.82, 2.24) is 29.4 Å². The van der Waals surface area contributed by atoms with Crippen LogP contribution < -0.4 is 31.4 Å². The Hall–Kier alpha value is -7.87. The van der Waals surface area contributed by atoms with E-state index in [4.69, 9.17) is 14.4 Å². The molecule has 59 heavy (non-hydrogen) atoms. The van der Waals surface area contributed by atoms with E-state index in [1.165, 1.54) is 23.5 Å². The second-order valence-corrected chi connectivity index (χ2v) is 13.0. The highest BCUT2D eigenvalue weighted by Crippen LogP contribution is 2.25. The SMILES string of the molecule is CCOC(=O)c1c(NCc2ccccc2)c2cncnc2n(OCc2ccccc2)c1=O.O=c1cc(NCc2ccccc2)c2cncnc2n1OCc1ccccc1. The highest BCUT2D eigenvalue weighted by molar-refractivity contribution is 6.04. The lowest BCUT2D eigenvalue weighted by molar-refractivity contribution is 0.0513. The lowest BCUT2D eigenvalue weighted by atomic mass is 10.1. The number of hydrogen-bond acceptors (Lipinski definition) is 12. The summed E-state index contributed by atoms with van der Waals surface area (Å²) in [5.74, 6) is -0.740. The first-order valence-corrected chi connectivity index (χ1v) is 18.8. The maximum Gasteiger partial charge on any atom is 0.346 e. The fraction of sp³-hybridized carbons (Fsp3) is 0.133. The molecule has 2 N–H and O–H groups in total. The van der Waals surface area contributed by atoms with Crippen LogP contribution in [0.15, 0.2) is 162 Å². The van der Waals surface area contributed by atoms with Gasteiger partial charge in [-0.25, -0.2) is 24.7 Å². The second-order valence-electron chi connectivity index (χ2n) is 13.0. The molecule has 0 saturated heterocycles. The molecular weight excluding hydrogens is 749 g/mol. The van der Waals surface area contributed by atoms with Gasteiger partial charge in [0.25, 0.3) is 5.56 Å². The third-order valence-corrected chi connectivity index (χ3v) is 8.97. The molecule has 0 saturated carbocycles. The Kier molecular flexibility index (Phi) is 12.9. The Morgan fingerprint density at radius 2 is 1.08 bits per heavy atom. The molecule has 0 spiro atoms. The number of esters is 1. The third-order valence-electron chi connectivity index (χ3n) is 8.97. The molecule has 4 aromatic heterocycles. The minimum atomic E-state index is -0.740. The van der Waals surface area contributed by atoms with E-state index in [9.17, 15) is 14.4 Å². The van der Waals surface area contributed by atoms with Gasteiger partial charge in [0, 0.05) is 31.5 Å². The van der Waals surface area contributed by atoms with E-state index in [-0.39, 0.29) is 36.6 Å². The van der Waals surface area contributed by atoms with Gasteiger partial charge < -0.3 is 25.0 Å². The topological polar surface area (TPSA) is 164 Å². The molecule has 0 aliphatic rings. The van der Waals surface area contributed by atoms with Gasteiger partial charge >= 0.3 is 11.5 Å². The number of nitrogens with one attached hydrogen (secondary N) is 2. The molecule has 4 heterocycles. The van der Waals surface area contributed by atoms with Crippen molar-refractivity contribution in [3.63, 3.8) is 0 Å². The molecule has 0 radical (unpaired) electrons. The Labute approximate surface area is 338 Å². The molecule has 0 fully saturated rings. The van der Waals surface area contributed by atoms with E-state index in [1.807, 2.05) is 121 Å². The van der Waals surface area contributed by atoms with Crippen LogP contribution in [0.4, 0.5) is 11.4 Å². The summed E-state index contributed by atoms with van der Waals surface area (Å²) in [5.41, 5.74) is 4.53. The van der Waals surface area contributed by atoms with Gasteiger partial charge in [-0.05, 0) is 29.2 Å². The number of rotatable bonds is 14. The van der Waals surface area contributed by atoms with E-state index in [0.717, 1.165) is 32.4 Å². The lowest BCUT2D eigenvalue weighted by Gasteiger charge is -2.17. The number of benzene rings is 4. The molecular formula is C45H40N8O6. The van der Waals surface area contributed by atoms with Crippen molar-refractivity contribution in [2.75, 3.05) is 17.2 Å². The molecule has 14 nitrogen and oxygen atoms in total. The van der Waals surface area contributed by atoms with Crippen molar-refractivity contribution < 1.29 is 19.2 Å². The zero-order valence-corrected chi connectivity index (χ0v) is 32.1. The summed E-state index contributed by atoms with van der Waals surface area (Å²) in [6, 6.07) is 40.2. The van der Waals surface area contributed by atoms with Crippen LogP contribution in [0.5, 0.6) is 0 Å². The van der Waals surface area contributed by atoms with Crippen LogP contribution in [0.1, 0.15) is 39.5 Å². The highest BCUT2D eigenvalue weighted by atomic mass is 16.7. The molecule has 0 aliphatic heterocycles. The molecule has 0 unspecified atom stereocenters. The van der Waals surface area contributed by atoms with Gasteiger partial charge in [-0.3, -0.25) is 9.59 Å². The average molecular weight is 789 g/mol. The van der Waals surface area contributed by atoms with Crippen LogP contribution in [0.2, 0.25) is 0 Å². The summed E-state index contributed by atoms with van der Waals surface area (Å²) < 4.78 is 7.43. The molecule has 14 heteroatoms. The molecule has 8 aromatic rings. The zero-order valence-electron chi connectivity index (χ0n) is 32.1. The largest absolute Gasteiger partial charge is 0.462 e. The van der Waals surface area contributed by atoms with Crippen LogP contribution in [-0.4, -0.2) is 42.0 Å². The molecule has 0 amide bonds. The average Bonchev–Trinajstić information content (AvgIpc) is 3.28. The third kappa shape index (κ3) is 9.75. The predicted octanol–water partition coefficient (Wildman–Crippen LogP) is 6.24. The first-order chi connectivity index (χ1) is 29.0. The van der Waals surface area contributed by atoms with Crippen LogP contribution in [0, 0.1) is 0 Å². The first kappa shape index (κ1) is 39.4. The monoisotopic (exact) mass is 788 g/mol. The Morgan fingerprint density at radius 3 is 1.63 bits per heavy atom. The Morgan fingerprint density at radius 1 is 0.610 bits per heavy atom. The molecule has 296 valence electrons. The van der Waals surface area contributed by atoms with Gasteiger partial charge in [-0.1, -0.05) is 121 Å². The number of fused-ring (bicyclic) bond motifs is 2. The van der Waals surface area contributed by atoms with E-state index < -0.39 is 11.5 Å². The molecule has 0 atom stereocenters. The van der Waals surface area contributed by atoms with E-state index >= 15 is 0 Å². The van der Waals surface area contributed by atoms with Crippen molar-refractivity contribution in [2.45, 2.75) is 33.2 Å². The Balaban J connectivity index is 0.000000181. The maximum absolute atomic E-state index is 13.4. The first-order valence-electron chi connectivity index (χ1n) is 18.8. The summed E-state index contributed by atoms with van der Waals surface area (Å²) in [4.78, 5) is 67.0. The van der Waals surface area contributed by atoms with E-state index in [2.05, 4.69) is 30.6 Å². The fourth-order valence-corrected chi connectivity index (χ4v) is 6.11. The van der Waals surface area contributed by atoms with Gasteiger partial charge in [0.05, 0.1) is 28.8 Å². The minimum Gasteiger partial charge on any atom is -0.462 e. The molecule has 0 aliphatic carbocycles. The van der Waals surface area contributed by atoms with Gasteiger partial charge in [-0.2, -0.15) is 0 Å². The van der Waals surface area contributed by atoms with Gasteiger partial charge in [0.15, 0.2) is 16.9 Å². The Bertz CT molecular complexity index is 2750. The smallest absolute Gasteiger partial charge is 0.346 e. The maximum atomic E-state index is 13.4. The summed E-state index contributed by atoms with van der Waals surface area (Å²) in [5, 5.41) is 7.70. The fourth-order valence-electron chi connectivity index (χ4n) is 6.11. The lowest BCUT2D eigenvalue weighted by Crippen LogP contribution is -2.34.